The lowest BCUT2D eigenvalue weighted by atomic mass is 9.99. The molecule has 0 aromatic heterocycles. The van der Waals surface area contributed by atoms with Crippen LogP contribution in [-0.4, -0.2) is 0 Å². The van der Waals surface area contributed by atoms with Gasteiger partial charge in [0.1, 0.15) is 0 Å². The highest BCUT2D eigenvalue weighted by atomic mass is 35.6. The predicted molar refractivity (Wildman–Crippen MR) is 89.6 cm³/mol. The van der Waals surface area contributed by atoms with Crippen molar-refractivity contribution in [2.24, 2.45) is 0 Å². The van der Waals surface area contributed by atoms with Gasteiger partial charge in [0.2, 0.25) is 3.79 Å². The fraction of sp³-hybridized carbons (Fsp3) is 0.143. The second kappa shape index (κ2) is 6.12. The van der Waals surface area contributed by atoms with Crippen LogP contribution in [0, 0.1) is 0 Å². The Balaban J connectivity index is 2.65. The Labute approximate surface area is 147 Å². The van der Waals surface area contributed by atoms with Gasteiger partial charge in [-0.15, -0.1) is 0 Å². The summed E-state index contributed by atoms with van der Waals surface area (Å²) in [5, 5.41) is 0.441. The lowest BCUT2D eigenvalue weighted by molar-refractivity contribution is 0.993. The molecule has 0 amide bonds. The maximum atomic E-state index is 6.51. The predicted octanol–water partition coefficient (Wildman–Crippen LogP) is 6.85. The molecule has 0 spiro atoms. The summed E-state index contributed by atoms with van der Waals surface area (Å²) in [5.74, 6) is 0. The summed E-state index contributed by atoms with van der Waals surface area (Å²) in [7, 11) is 0. The Kier molecular flexibility index (Phi) is 5.07. The molecule has 0 unspecified atom stereocenters. The van der Waals surface area contributed by atoms with Crippen molar-refractivity contribution in [1.82, 2.24) is 0 Å². The lowest BCUT2D eigenvalue weighted by Crippen LogP contribution is -2.18. The molecule has 20 heavy (non-hydrogen) atoms. The van der Waals surface area contributed by atoms with Crippen LogP contribution in [0.25, 0.3) is 0 Å². The number of hydrogen-bond acceptors (Lipinski definition) is 0. The van der Waals surface area contributed by atoms with Crippen molar-refractivity contribution >= 4 is 69.6 Å². The van der Waals surface area contributed by atoms with Gasteiger partial charge in [-0.25, -0.2) is 0 Å². The Morgan fingerprint density at radius 3 is 1.55 bits per heavy atom. The maximum Gasteiger partial charge on any atom is 0.216 e. The first-order valence-corrected chi connectivity index (χ1v) is 7.81. The van der Waals surface area contributed by atoms with E-state index in [1.54, 1.807) is 48.5 Å². The normalized spacial score (nSPS) is 12.5. The Morgan fingerprint density at radius 2 is 1.05 bits per heavy atom. The van der Waals surface area contributed by atoms with E-state index in [0.717, 1.165) is 0 Å². The average molecular weight is 389 g/mol. The quantitative estimate of drug-likeness (QED) is 0.493. The molecule has 2 aromatic carbocycles. The molecule has 6 heteroatoms. The molecular formula is C14H8Cl6. The van der Waals surface area contributed by atoms with E-state index in [1.807, 2.05) is 0 Å². The standard InChI is InChI=1S/C14H8Cl6/c15-12-8-4-3-7-11(12)13(16,17)9-5-1-2-6-10(9)14(18,19)20/h1-8H. The molecule has 0 heterocycles. The summed E-state index contributed by atoms with van der Waals surface area (Å²) >= 11 is 37.1. The highest BCUT2D eigenvalue weighted by molar-refractivity contribution is 6.67. The molecule has 0 fully saturated rings. The van der Waals surface area contributed by atoms with E-state index in [9.17, 15) is 0 Å². The third kappa shape index (κ3) is 3.32. The van der Waals surface area contributed by atoms with E-state index >= 15 is 0 Å². The minimum atomic E-state index is -1.63. The Hall–Kier alpha value is 0.180. The minimum absolute atomic E-state index is 0.412. The van der Waals surface area contributed by atoms with Crippen molar-refractivity contribution in [3.63, 3.8) is 0 Å². The number of hydrogen-bond donors (Lipinski definition) is 0. The number of rotatable bonds is 2. The van der Waals surface area contributed by atoms with Crippen LogP contribution in [0.4, 0.5) is 0 Å². The second-order valence-electron chi connectivity index (χ2n) is 4.10. The minimum Gasteiger partial charge on any atom is -0.0908 e. The van der Waals surface area contributed by atoms with Crippen LogP contribution in [0.15, 0.2) is 48.5 Å². The van der Waals surface area contributed by atoms with Gasteiger partial charge in [0.25, 0.3) is 0 Å². The molecule has 2 aromatic rings. The summed E-state index contributed by atoms with van der Waals surface area (Å²) in [6.45, 7) is 0. The molecule has 0 radical (unpaired) electrons. The van der Waals surface area contributed by atoms with Gasteiger partial charge in [-0.1, -0.05) is 112 Å². The van der Waals surface area contributed by atoms with Crippen LogP contribution >= 0.6 is 69.6 Å². The van der Waals surface area contributed by atoms with Crippen molar-refractivity contribution in [2.75, 3.05) is 0 Å². The molecule has 0 nitrogen and oxygen atoms in total. The molecule has 0 aliphatic carbocycles. The van der Waals surface area contributed by atoms with Crippen LogP contribution < -0.4 is 0 Å². The summed E-state index contributed by atoms with van der Waals surface area (Å²) in [6, 6.07) is 13.9. The first kappa shape index (κ1) is 16.5. The van der Waals surface area contributed by atoms with Crippen LogP contribution in [0.3, 0.4) is 0 Å². The zero-order valence-corrected chi connectivity index (χ0v) is 14.4. The van der Waals surface area contributed by atoms with E-state index in [0.29, 0.717) is 21.7 Å². The van der Waals surface area contributed by atoms with Crippen LogP contribution in [0.1, 0.15) is 16.7 Å². The Morgan fingerprint density at radius 1 is 0.600 bits per heavy atom. The second-order valence-corrected chi connectivity index (χ2v) is 8.11. The van der Waals surface area contributed by atoms with Crippen molar-refractivity contribution in [1.29, 1.82) is 0 Å². The molecule has 0 N–H and O–H groups in total. The molecule has 0 aliphatic rings. The number of alkyl halides is 5. The van der Waals surface area contributed by atoms with Gasteiger partial charge >= 0.3 is 0 Å². The van der Waals surface area contributed by atoms with E-state index < -0.39 is 8.13 Å². The highest BCUT2D eigenvalue weighted by Crippen LogP contribution is 2.50. The van der Waals surface area contributed by atoms with Gasteiger partial charge in [0, 0.05) is 16.1 Å². The SMILES string of the molecule is Clc1ccccc1C(Cl)(Cl)c1ccccc1C(Cl)(Cl)Cl. The molecule has 0 saturated carbocycles. The third-order valence-corrected chi connectivity index (χ3v) is 4.54. The molecule has 2 rings (SSSR count). The van der Waals surface area contributed by atoms with Crippen molar-refractivity contribution in [3.05, 3.63) is 70.2 Å². The maximum absolute atomic E-state index is 6.51. The van der Waals surface area contributed by atoms with E-state index in [2.05, 4.69) is 0 Å². The van der Waals surface area contributed by atoms with Crippen molar-refractivity contribution < 1.29 is 0 Å². The molecule has 0 bridgehead atoms. The number of benzene rings is 2. The van der Waals surface area contributed by atoms with Gasteiger partial charge in [-0.05, 0) is 11.6 Å². The lowest BCUT2D eigenvalue weighted by Gasteiger charge is -2.27. The van der Waals surface area contributed by atoms with Gasteiger partial charge in [0.15, 0.2) is 4.33 Å². The van der Waals surface area contributed by atoms with E-state index in [4.69, 9.17) is 69.6 Å². The number of halogens is 6. The summed E-state index contributed by atoms with van der Waals surface area (Å²) < 4.78 is -3.05. The smallest absolute Gasteiger partial charge is 0.0908 e. The zero-order valence-electron chi connectivity index (χ0n) is 9.89. The summed E-state index contributed by atoms with van der Waals surface area (Å²) in [6.07, 6.45) is 0. The molecular weight excluding hydrogens is 381 g/mol. The van der Waals surface area contributed by atoms with Gasteiger partial charge in [-0.2, -0.15) is 0 Å². The topological polar surface area (TPSA) is 0 Å². The van der Waals surface area contributed by atoms with Crippen molar-refractivity contribution in [2.45, 2.75) is 8.13 Å². The van der Waals surface area contributed by atoms with Crippen LogP contribution in [-0.2, 0) is 8.13 Å². The monoisotopic (exact) mass is 386 g/mol. The van der Waals surface area contributed by atoms with E-state index in [1.165, 1.54) is 0 Å². The first-order chi connectivity index (χ1) is 9.24. The fourth-order valence-electron chi connectivity index (χ4n) is 1.87. The molecule has 106 valence electrons. The summed E-state index contributed by atoms with van der Waals surface area (Å²) in [5.41, 5.74) is 1.43. The largest absolute Gasteiger partial charge is 0.216 e. The first-order valence-electron chi connectivity index (χ1n) is 5.54. The molecule has 0 atom stereocenters. The van der Waals surface area contributed by atoms with Crippen LogP contribution in [0.2, 0.25) is 5.02 Å². The highest BCUT2D eigenvalue weighted by Gasteiger charge is 2.38. The van der Waals surface area contributed by atoms with E-state index in [-0.39, 0.29) is 0 Å². The molecule has 0 aliphatic heterocycles. The van der Waals surface area contributed by atoms with Gasteiger partial charge in [0.05, 0.1) is 0 Å². The van der Waals surface area contributed by atoms with Crippen molar-refractivity contribution in [3.8, 4) is 0 Å². The average Bonchev–Trinajstić information content (AvgIpc) is 2.38. The van der Waals surface area contributed by atoms with Gasteiger partial charge in [-0.3, -0.25) is 0 Å². The fourth-order valence-corrected chi connectivity index (χ4v) is 3.39. The molecule has 0 saturated heterocycles. The zero-order chi connectivity index (χ0) is 15.0. The van der Waals surface area contributed by atoms with Gasteiger partial charge < -0.3 is 0 Å². The third-order valence-electron chi connectivity index (χ3n) is 2.78. The Bertz CT molecular complexity index is 615. The van der Waals surface area contributed by atoms with Crippen LogP contribution in [0.5, 0.6) is 0 Å². The summed E-state index contributed by atoms with van der Waals surface area (Å²) in [4.78, 5) is 0.